The lowest BCUT2D eigenvalue weighted by atomic mass is 9.89. The van der Waals surface area contributed by atoms with E-state index in [4.69, 9.17) is 23.2 Å². The Balaban J connectivity index is 1.89. The highest BCUT2D eigenvalue weighted by atomic mass is 35.5. The van der Waals surface area contributed by atoms with Crippen LogP contribution in [0.1, 0.15) is 18.4 Å². The molecule has 0 saturated heterocycles. The van der Waals surface area contributed by atoms with Crippen molar-refractivity contribution in [2.75, 3.05) is 0 Å². The molecular weight excluding hydrogens is 297 g/mol. The molecule has 1 unspecified atom stereocenters. The maximum Gasteiger partial charge on any atom is 0.119 e. The molecule has 0 aliphatic heterocycles. The number of nitrogens with zero attached hydrogens (tertiary/aromatic N) is 3. The van der Waals surface area contributed by atoms with Crippen molar-refractivity contribution in [2.24, 2.45) is 0 Å². The third-order valence-electron chi connectivity index (χ3n) is 3.87. The minimum Gasteiger partial charge on any atom is -0.386 e. The van der Waals surface area contributed by atoms with E-state index in [1.165, 1.54) is 0 Å². The average Bonchev–Trinajstić information content (AvgIpc) is 2.98. The van der Waals surface area contributed by atoms with E-state index in [0.29, 0.717) is 18.0 Å². The van der Waals surface area contributed by atoms with E-state index in [-0.39, 0.29) is 0 Å². The lowest BCUT2D eigenvalue weighted by molar-refractivity contribution is 0.0108. The Kier molecular flexibility index (Phi) is 3.48. The van der Waals surface area contributed by atoms with Gasteiger partial charge in [-0.05, 0) is 24.5 Å². The highest BCUT2D eigenvalue weighted by Crippen LogP contribution is 2.53. The van der Waals surface area contributed by atoms with Crippen LogP contribution in [0.25, 0.3) is 0 Å². The van der Waals surface area contributed by atoms with Gasteiger partial charge in [0.1, 0.15) is 18.3 Å². The minimum absolute atomic E-state index is 0.356. The molecule has 0 spiro atoms. The van der Waals surface area contributed by atoms with Crippen LogP contribution in [0.15, 0.2) is 36.9 Å². The number of rotatable bonds is 5. The number of aliphatic hydroxyl groups is 1. The fourth-order valence-electron chi connectivity index (χ4n) is 2.49. The Labute approximate surface area is 127 Å². The molecule has 1 aliphatic rings. The Hall–Kier alpha value is -1.10. The molecule has 0 amide bonds. The molecule has 1 aromatic heterocycles. The van der Waals surface area contributed by atoms with Gasteiger partial charge in [0.05, 0.1) is 11.4 Å². The van der Waals surface area contributed by atoms with Crippen molar-refractivity contribution in [1.29, 1.82) is 0 Å². The molecule has 1 aromatic carbocycles. The van der Waals surface area contributed by atoms with Crippen molar-refractivity contribution in [1.82, 2.24) is 14.8 Å². The van der Waals surface area contributed by atoms with Gasteiger partial charge in [0.15, 0.2) is 0 Å². The van der Waals surface area contributed by atoms with Crippen LogP contribution in [0.3, 0.4) is 0 Å². The van der Waals surface area contributed by atoms with E-state index in [9.17, 15) is 5.11 Å². The summed E-state index contributed by atoms with van der Waals surface area (Å²) in [6, 6.07) is 7.53. The van der Waals surface area contributed by atoms with Crippen molar-refractivity contribution >= 4 is 23.2 Å². The molecule has 1 N–H and O–H groups in total. The molecule has 0 bridgehead atoms. The second kappa shape index (κ2) is 5.02. The molecule has 6 heteroatoms. The highest BCUT2D eigenvalue weighted by molar-refractivity contribution is 6.31. The lowest BCUT2D eigenvalue weighted by Crippen LogP contribution is -2.47. The summed E-state index contributed by atoms with van der Waals surface area (Å²) in [6.07, 6.45) is 5.18. The van der Waals surface area contributed by atoms with E-state index >= 15 is 0 Å². The fraction of sp³-hybridized carbons (Fsp3) is 0.429. The third kappa shape index (κ3) is 2.55. The molecule has 4 nitrogen and oxygen atoms in total. The van der Waals surface area contributed by atoms with Gasteiger partial charge in [0.2, 0.25) is 0 Å². The van der Waals surface area contributed by atoms with E-state index < -0.39 is 10.5 Å². The molecule has 0 radical (unpaired) electrons. The summed E-state index contributed by atoms with van der Waals surface area (Å²) < 4.78 is 1.75. The van der Waals surface area contributed by atoms with Crippen LogP contribution in [-0.4, -0.2) is 30.3 Å². The van der Waals surface area contributed by atoms with Crippen LogP contribution in [0, 0.1) is 0 Å². The Morgan fingerprint density at radius 3 is 2.50 bits per heavy atom. The van der Waals surface area contributed by atoms with E-state index in [0.717, 1.165) is 18.4 Å². The first-order chi connectivity index (χ1) is 9.52. The number of benzene rings is 1. The molecular formula is C14H15Cl2N3O. The van der Waals surface area contributed by atoms with E-state index in [1.807, 2.05) is 24.3 Å². The normalized spacial score (nSPS) is 19.6. The molecule has 1 aliphatic carbocycles. The Morgan fingerprint density at radius 2 is 1.90 bits per heavy atom. The first kappa shape index (κ1) is 13.9. The Bertz CT molecular complexity index is 598. The smallest absolute Gasteiger partial charge is 0.119 e. The molecule has 3 rings (SSSR count). The zero-order valence-corrected chi connectivity index (χ0v) is 12.3. The largest absolute Gasteiger partial charge is 0.386 e. The number of halogens is 2. The summed E-state index contributed by atoms with van der Waals surface area (Å²) in [5.41, 5.74) is -0.168. The van der Waals surface area contributed by atoms with Gasteiger partial charge in [-0.15, -0.1) is 21.8 Å². The predicted molar refractivity (Wildman–Crippen MR) is 77.9 cm³/mol. The van der Waals surface area contributed by atoms with Crippen molar-refractivity contribution in [2.45, 2.75) is 36.3 Å². The van der Waals surface area contributed by atoms with E-state index in [2.05, 4.69) is 10.2 Å². The van der Waals surface area contributed by atoms with Gasteiger partial charge in [-0.1, -0.05) is 29.8 Å². The molecule has 20 heavy (non-hydrogen) atoms. The second-order valence-corrected chi connectivity index (χ2v) is 6.53. The van der Waals surface area contributed by atoms with Crippen molar-refractivity contribution in [3.63, 3.8) is 0 Å². The SMILES string of the molecule is OC(Cc1ccccc1Cl)(Cn1cnnc1)C1(Cl)CC1. The van der Waals surface area contributed by atoms with Gasteiger partial charge >= 0.3 is 0 Å². The predicted octanol–water partition coefficient (Wildman–Crippen LogP) is 2.68. The molecule has 1 atom stereocenters. The molecule has 2 aromatic rings. The summed E-state index contributed by atoms with van der Waals surface area (Å²) in [5, 5.41) is 19.3. The van der Waals surface area contributed by atoms with E-state index in [1.54, 1.807) is 17.2 Å². The maximum absolute atomic E-state index is 11.1. The molecule has 106 valence electrons. The summed E-state index contributed by atoms with van der Waals surface area (Å²) >= 11 is 12.7. The summed E-state index contributed by atoms with van der Waals surface area (Å²) in [7, 11) is 0. The van der Waals surface area contributed by atoms with Gasteiger partial charge in [-0.3, -0.25) is 0 Å². The number of hydrogen-bond acceptors (Lipinski definition) is 3. The number of hydrogen-bond donors (Lipinski definition) is 1. The molecule has 1 heterocycles. The monoisotopic (exact) mass is 311 g/mol. The molecule has 1 fully saturated rings. The van der Waals surface area contributed by atoms with Crippen LogP contribution < -0.4 is 0 Å². The minimum atomic E-state index is -1.07. The van der Waals surface area contributed by atoms with Crippen LogP contribution in [0.5, 0.6) is 0 Å². The van der Waals surface area contributed by atoms with Crippen LogP contribution in [-0.2, 0) is 13.0 Å². The summed E-state index contributed by atoms with van der Waals surface area (Å²) in [6.45, 7) is 0.356. The first-order valence-corrected chi connectivity index (χ1v) is 7.25. The lowest BCUT2D eigenvalue weighted by Gasteiger charge is -2.33. The van der Waals surface area contributed by atoms with Crippen molar-refractivity contribution in [3.05, 3.63) is 47.5 Å². The topological polar surface area (TPSA) is 50.9 Å². The summed E-state index contributed by atoms with van der Waals surface area (Å²) in [5.74, 6) is 0. The van der Waals surface area contributed by atoms with Crippen LogP contribution in [0.2, 0.25) is 5.02 Å². The Morgan fingerprint density at radius 1 is 1.25 bits per heavy atom. The van der Waals surface area contributed by atoms with Gasteiger partial charge in [0.25, 0.3) is 0 Å². The quantitative estimate of drug-likeness (QED) is 0.864. The number of alkyl halides is 1. The van der Waals surface area contributed by atoms with Crippen LogP contribution >= 0.6 is 23.2 Å². The first-order valence-electron chi connectivity index (χ1n) is 6.50. The fourth-order valence-corrected chi connectivity index (χ4v) is 2.92. The van der Waals surface area contributed by atoms with Gasteiger partial charge < -0.3 is 9.67 Å². The number of aromatic nitrogens is 3. The average molecular weight is 312 g/mol. The standard InChI is InChI=1S/C14H15Cl2N3O/c15-12-4-2-1-3-11(12)7-14(20,13(16)5-6-13)8-19-9-17-18-10-19/h1-4,9-10,20H,5-8H2. The van der Waals surface area contributed by atoms with Gasteiger partial charge in [0, 0.05) is 11.4 Å². The van der Waals surface area contributed by atoms with Gasteiger partial charge in [-0.2, -0.15) is 0 Å². The van der Waals surface area contributed by atoms with Gasteiger partial charge in [-0.25, -0.2) is 0 Å². The summed E-state index contributed by atoms with van der Waals surface area (Å²) in [4.78, 5) is -0.587. The van der Waals surface area contributed by atoms with Crippen LogP contribution in [0.4, 0.5) is 0 Å². The van der Waals surface area contributed by atoms with Crippen molar-refractivity contribution in [3.8, 4) is 0 Å². The zero-order valence-electron chi connectivity index (χ0n) is 10.8. The second-order valence-electron chi connectivity index (χ2n) is 5.40. The maximum atomic E-state index is 11.1. The van der Waals surface area contributed by atoms with Crippen molar-refractivity contribution < 1.29 is 5.11 Å². The third-order valence-corrected chi connectivity index (χ3v) is 4.97. The molecule has 1 saturated carbocycles. The highest BCUT2D eigenvalue weighted by Gasteiger charge is 2.57. The zero-order chi connectivity index (χ0) is 14.2.